The maximum Gasteiger partial charge on any atom is 0.335 e. The van der Waals surface area contributed by atoms with Gasteiger partial charge >= 0.3 is 5.97 Å². The zero-order valence-electron chi connectivity index (χ0n) is 9.26. The first-order valence-corrected chi connectivity index (χ1v) is 5.12. The van der Waals surface area contributed by atoms with Crippen molar-refractivity contribution in [3.05, 3.63) is 53.8 Å². The van der Waals surface area contributed by atoms with Crippen molar-refractivity contribution < 1.29 is 19.0 Å². The first-order valence-electron chi connectivity index (χ1n) is 5.12. The fourth-order valence-corrected chi connectivity index (χ4v) is 1.43. The van der Waals surface area contributed by atoms with Crippen molar-refractivity contribution in [3.63, 3.8) is 0 Å². The van der Waals surface area contributed by atoms with E-state index in [0.29, 0.717) is 5.75 Å². The Kier molecular flexibility index (Phi) is 3.14. The molecule has 0 atom stereocenters. The van der Waals surface area contributed by atoms with Crippen LogP contribution in [0.4, 0.5) is 10.1 Å². The molecule has 18 heavy (non-hydrogen) atoms. The van der Waals surface area contributed by atoms with Gasteiger partial charge in [-0.2, -0.15) is 0 Å². The molecule has 0 aliphatic heterocycles. The second kappa shape index (κ2) is 4.75. The van der Waals surface area contributed by atoms with E-state index in [2.05, 4.69) is 0 Å². The highest BCUT2D eigenvalue weighted by Gasteiger charge is 2.08. The molecular weight excluding hydrogens is 237 g/mol. The van der Waals surface area contributed by atoms with E-state index in [0.717, 1.165) is 0 Å². The van der Waals surface area contributed by atoms with Crippen LogP contribution in [0.5, 0.6) is 11.5 Å². The van der Waals surface area contributed by atoms with Gasteiger partial charge in [-0.25, -0.2) is 9.18 Å². The van der Waals surface area contributed by atoms with Crippen LogP contribution in [0.15, 0.2) is 42.5 Å². The number of carboxylic acids is 1. The van der Waals surface area contributed by atoms with Crippen molar-refractivity contribution in [1.29, 1.82) is 0 Å². The first kappa shape index (κ1) is 11.9. The average molecular weight is 247 g/mol. The Morgan fingerprint density at radius 1 is 1.22 bits per heavy atom. The molecule has 2 aromatic carbocycles. The fraction of sp³-hybridized carbons (Fsp3) is 0. The molecule has 2 aromatic rings. The van der Waals surface area contributed by atoms with Crippen molar-refractivity contribution in [2.45, 2.75) is 0 Å². The van der Waals surface area contributed by atoms with Gasteiger partial charge in [0.25, 0.3) is 0 Å². The summed E-state index contributed by atoms with van der Waals surface area (Å²) >= 11 is 0. The molecule has 3 N–H and O–H groups in total. The van der Waals surface area contributed by atoms with Crippen LogP contribution in [0.2, 0.25) is 0 Å². The van der Waals surface area contributed by atoms with Gasteiger partial charge < -0.3 is 15.6 Å². The van der Waals surface area contributed by atoms with Crippen LogP contribution < -0.4 is 10.5 Å². The van der Waals surface area contributed by atoms with Gasteiger partial charge in [-0.1, -0.05) is 6.07 Å². The summed E-state index contributed by atoms with van der Waals surface area (Å²) in [6.45, 7) is 0. The summed E-state index contributed by atoms with van der Waals surface area (Å²) in [5, 5.41) is 8.78. The van der Waals surface area contributed by atoms with Gasteiger partial charge in [0.1, 0.15) is 17.3 Å². The number of carbonyl (C=O) groups is 1. The van der Waals surface area contributed by atoms with E-state index in [1.165, 1.54) is 36.4 Å². The van der Waals surface area contributed by atoms with E-state index in [-0.39, 0.29) is 17.0 Å². The van der Waals surface area contributed by atoms with Gasteiger partial charge in [0.05, 0.1) is 11.3 Å². The standard InChI is InChI=1S/C13H10FNO3/c14-9-2-1-3-10(7-9)18-12-5-4-8(13(16)17)6-11(12)15/h1-7H,15H2,(H,16,17). The van der Waals surface area contributed by atoms with Gasteiger partial charge in [0.15, 0.2) is 0 Å². The van der Waals surface area contributed by atoms with Gasteiger partial charge in [-0.3, -0.25) is 0 Å². The van der Waals surface area contributed by atoms with Crippen LogP contribution in [-0.4, -0.2) is 11.1 Å². The summed E-state index contributed by atoms with van der Waals surface area (Å²) < 4.78 is 18.3. The van der Waals surface area contributed by atoms with Crippen LogP contribution in [-0.2, 0) is 0 Å². The Labute approximate surface area is 102 Å². The lowest BCUT2D eigenvalue weighted by atomic mass is 10.2. The lowest BCUT2D eigenvalue weighted by molar-refractivity contribution is 0.0697. The van der Waals surface area contributed by atoms with Gasteiger partial charge in [0, 0.05) is 6.07 Å². The summed E-state index contributed by atoms with van der Waals surface area (Å²) in [6, 6.07) is 9.68. The topological polar surface area (TPSA) is 72.6 Å². The largest absolute Gasteiger partial charge is 0.478 e. The van der Waals surface area contributed by atoms with Crippen LogP contribution in [0.25, 0.3) is 0 Å². The molecule has 0 spiro atoms. The molecule has 0 saturated carbocycles. The minimum Gasteiger partial charge on any atom is -0.478 e. The predicted octanol–water partition coefficient (Wildman–Crippen LogP) is 2.90. The second-order valence-corrected chi connectivity index (χ2v) is 3.62. The van der Waals surface area contributed by atoms with Crippen molar-refractivity contribution in [3.8, 4) is 11.5 Å². The minimum absolute atomic E-state index is 0.0686. The molecule has 0 aromatic heterocycles. The summed E-state index contributed by atoms with van der Waals surface area (Å²) in [6.07, 6.45) is 0. The number of benzene rings is 2. The highest BCUT2D eigenvalue weighted by atomic mass is 19.1. The predicted molar refractivity (Wildman–Crippen MR) is 64.3 cm³/mol. The quantitative estimate of drug-likeness (QED) is 0.818. The number of carboxylic acid groups (broad SMARTS) is 1. The number of halogens is 1. The van der Waals surface area contributed by atoms with E-state index in [9.17, 15) is 9.18 Å². The number of rotatable bonds is 3. The van der Waals surface area contributed by atoms with Gasteiger partial charge in [-0.15, -0.1) is 0 Å². The van der Waals surface area contributed by atoms with E-state index < -0.39 is 11.8 Å². The van der Waals surface area contributed by atoms with Crippen molar-refractivity contribution in [2.75, 3.05) is 5.73 Å². The van der Waals surface area contributed by atoms with Crippen molar-refractivity contribution >= 4 is 11.7 Å². The first-order chi connectivity index (χ1) is 8.56. The van der Waals surface area contributed by atoms with E-state index >= 15 is 0 Å². The van der Waals surface area contributed by atoms with Crippen LogP contribution in [0.3, 0.4) is 0 Å². The number of aromatic carboxylic acids is 1. The SMILES string of the molecule is Nc1cc(C(=O)O)ccc1Oc1cccc(F)c1. The number of ether oxygens (including phenoxy) is 1. The summed E-state index contributed by atoms with van der Waals surface area (Å²) in [4.78, 5) is 10.7. The van der Waals surface area contributed by atoms with Crippen molar-refractivity contribution in [2.24, 2.45) is 0 Å². The second-order valence-electron chi connectivity index (χ2n) is 3.62. The zero-order valence-corrected chi connectivity index (χ0v) is 9.26. The maximum absolute atomic E-state index is 13.0. The monoisotopic (exact) mass is 247 g/mol. The molecule has 4 nitrogen and oxygen atoms in total. The van der Waals surface area contributed by atoms with E-state index in [1.54, 1.807) is 6.07 Å². The molecule has 5 heteroatoms. The summed E-state index contributed by atoms with van der Waals surface area (Å²) in [7, 11) is 0. The highest BCUT2D eigenvalue weighted by Crippen LogP contribution is 2.28. The number of nitrogen functional groups attached to an aromatic ring is 1. The molecule has 0 amide bonds. The third-order valence-electron chi connectivity index (χ3n) is 2.28. The number of hydrogen-bond acceptors (Lipinski definition) is 3. The van der Waals surface area contributed by atoms with Crippen LogP contribution >= 0.6 is 0 Å². The van der Waals surface area contributed by atoms with Crippen molar-refractivity contribution in [1.82, 2.24) is 0 Å². The van der Waals surface area contributed by atoms with Crippen LogP contribution in [0, 0.1) is 5.82 Å². The lowest BCUT2D eigenvalue weighted by Crippen LogP contribution is -1.99. The minimum atomic E-state index is -1.07. The lowest BCUT2D eigenvalue weighted by Gasteiger charge is -2.08. The molecule has 0 fully saturated rings. The molecule has 0 radical (unpaired) electrons. The Bertz CT molecular complexity index is 599. The van der Waals surface area contributed by atoms with E-state index in [4.69, 9.17) is 15.6 Å². The summed E-state index contributed by atoms with van der Waals surface area (Å²) in [5.41, 5.74) is 5.91. The molecule has 0 aliphatic carbocycles. The third-order valence-corrected chi connectivity index (χ3v) is 2.28. The fourth-order valence-electron chi connectivity index (χ4n) is 1.43. The number of nitrogens with two attached hydrogens (primary N) is 1. The zero-order chi connectivity index (χ0) is 13.1. The molecule has 92 valence electrons. The number of hydrogen-bond donors (Lipinski definition) is 2. The van der Waals surface area contributed by atoms with E-state index in [1.807, 2.05) is 0 Å². The Hall–Kier alpha value is -2.56. The van der Waals surface area contributed by atoms with Gasteiger partial charge in [0.2, 0.25) is 0 Å². The molecular formula is C13H10FNO3. The van der Waals surface area contributed by atoms with Gasteiger partial charge in [-0.05, 0) is 30.3 Å². The average Bonchev–Trinajstić information content (AvgIpc) is 2.31. The summed E-state index contributed by atoms with van der Waals surface area (Å²) in [5.74, 6) is -0.914. The Balaban J connectivity index is 2.27. The Morgan fingerprint density at radius 3 is 2.61 bits per heavy atom. The smallest absolute Gasteiger partial charge is 0.335 e. The van der Waals surface area contributed by atoms with Crippen LogP contribution in [0.1, 0.15) is 10.4 Å². The molecule has 0 aliphatic rings. The highest BCUT2D eigenvalue weighted by molar-refractivity contribution is 5.89. The Morgan fingerprint density at radius 2 is 2.00 bits per heavy atom. The molecule has 0 bridgehead atoms. The molecule has 0 heterocycles. The normalized spacial score (nSPS) is 10.1. The third kappa shape index (κ3) is 2.57. The number of anilines is 1. The molecule has 0 unspecified atom stereocenters. The molecule has 2 rings (SSSR count). The maximum atomic E-state index is 13.0. The molecule has 0 saturated heterocycles.